The molecular formula is C27H33NO5. The van der Waals surface area contributed by atoms with Crippen molar-refractivity contribution in [1.29, 1.82) is 0 Å². The van der Waals surface area contributed by atoms with Gasteiger partial charge >= 0.3 is 5.97 Å². The molecule has 0 aliphatic carbocycles. The number of carbonyl (C=O) groups is 2. The first-order valence-electron chi connectivity index (χ1n) is 11.8. The van der Waals surface area contributed by atoms with Gasteiger partial charge in [0.1, 0.15) is 11.3 Å². The van der Waals surface area contributed by atoms with Gasteiger partial charge in [-0.1, -0.05) is 26.7 Å². The molecule has 6 heteroatoms. The minimum absolute atomic E-state index is 0.155. The smallest absolute Gasteiger partial charge is 0.335 e. The van der Waals surface area contributed by atoms with Crippen molar-refractivity contribution in [2.45, 2.75) is 46.0 Å². The molecule has 0 saturated heterocycles. The molecule has 0 aliphatic heterocycles. The molecule has 3 rings (SSSR count). The van der Waals surface area contributed by atoms with Crippen LogP contribution in [0.4, 0.5) is 0 Å². The van der Waals surface area contributed by atoms with E-state index in [9.17, 15) is 9.59 Å². The highest BCUT2D eigenvalue weighted by Crippen LogP contribution is 2.24. The number of ether oxygens (including phenoxy) is 1. The van der Waals surface area contributed by atoms with Crippen molar-refractivity contribution in [2.24, 2.45) is 0 Å². The Morgan fingerprint density at radius 3 is 2.15 bits per heavy atom. The highest BCUT2D eigenvalue weighted by Gasteiger charge is 2.16. The number of nitrogens with zero attached hydrogens (tertiary/aromatic N) is 1. The van der Waals surface area contributed by atoms with Gasteiger partial charge in [0.2, 0.25) is 5.78 Å². The van der Waals surface area contributed by atoms with E-state index in [-0.39, 0.29) is 17.1 Å². The summed E-state index contributed by atoms with van der Waals surface area (Å²) in [7, 11) is 0. The monoisotopic (exact) mass is 451 g/mol. The van der Waals surface area contributed by atoms with Gasteiger partial charge in [-0.15, -0.1) is 0 Å². The van der Waals surface area contributed by atoms with Crippen molar-refractivity contribution in [1.82, 2.24) is 4.90 Å². The van der Waals surface area contributed by atoms with Gasteiger partial charge in [-0.05, 0) is 80.9 Å². The van der Waals surface area contributed by atoms with E-state index < -0.39 is 5.97 Å². The van der Waals surface area contributed by atoms with E-state index >= 15 is 0 Å². The van der Waals surface area contributed by atoms with Crippen LogP contribution in [-0.4, -0.2) is 48.0 Å². The van der Waals surface area contributed by atoms with Crippen molar-refractivity contribution in [3.05, 3.63) is 65.4 Å². The van der Waals surface area contributed by atoms with Crippen LogP contribution < -0.4 is 4.74 Å². The quantitative estimate of drug-likeness (QED) is 0.238. The lowest BCUT2D eigenvalue weighted by Crippen LogP contribution is -2.28. The van der Waals surface area contributed by atoms with E-state index in [0.29, 0.717) is 23.1 Å². The van der Waals surface area contributed by atoms with Gasteiger partial charge in [0, 0.05) is 17.5 Å². The molecule has 1 N–H and O–H groups in total. The van der Waals surface area contributed by atoms with Crippen LogP contribution in [0.25, 0.3) is 11.0 Å². The van der Waals surface area contributed by atoms with Crippen molar-refractivity contribution in [3.63, 3.8) is 0 Å². The van der Waals surface area contributed by atoms with E-state index in [1.54, 1.807) is 36.4 Å². The van der Waals surface area contributed by atoms with Gasteiger partial charge in [-0.3, -0.25) is 4.79 Å². The summed E-state index contributed by atoms with van der Waals surface area (Å²) < 4.78 is 11.5. The second-order valence-corrected chi connectivity index (χ2v) is 8.27. The minimum Gasteiger partial charge on any atom is -0.494 e. The summed E-state index contributed by atoms with van der Waals surface area (Å²) in [5.41, 5.74) is 1.13. The molecule has 1 aromatic heterocycles. The summed E-state index contributed by atoms with van der Waals surface area (Å²) in [5.74, 6) is -0.357. The first-order valence-corrected chi connectivity index (χ1v) is 11.8. The Hall–Kier alpha value is -3.12. The van der Waals surface area contributed by atoms with Gasteiger partial charge in [-0.25, -0.2) is 4.79 Å². The number of carbonyl (C=O) groups excluding carboxylic acids is 1. The predicted molar refractivity (Wildman–Crippen MR) is 129 cm³/mol. The second kappa shape index (κ2) is 12.2. The predicted octanol–water partition coefficient (Wildman–Crippen LogP) is 6.03. The fourth-order valence-corrected chi connectivity index (χ4v) is 3.71. The maximum Gasteiger partial charge on any atom is 0.335 e. The standard InChI is InChI=1S/C27H33NO5/c1-3-5-14-28(15-6-4-2)16-7-17-32-23-11-8-20(9-12-23)26(29)25-19-22-18-21(27(30)31)10-13-24(22)33-25/h8-13,18-19H,3-7,14-17H2,1-2H3,(H,30,31). The SMILES string of the molecule is CCCCN(CCCC)CCCOc1ccc(C(=O)c2cc3cc(C(=O)O)ccc3o2)cc1. The minimum atomic E-state index is -1.02. The average molecular weight is 452 g/mol. The van der Waals surface area contributed by atoms with E-state index in [4.69, 9.17) is 14.3 Å². The summed E-state index contributed by atoms with van der Waals surface area (Å²) in [6.07, 6.45) is 5.84. The number of rotatable bonds is 14. The van der Waals surface area contributed by atoms with Gasteiger partial charge in [0.25, 0.3) is 0 Å². The molecule has 0 spiro atoms. The zero-order chi connectivity index (χ0) is 23.6. The average Bonchev–Trinajstić information content (AvgIpc) is 3.26. The Balaban J connectivity index is 1.53. The number of benzene rings is 2. The molecular weight excluding hydrogens is 418 g/mol. The van der Waals surface area contributed by atoms with Crippen LogP contribution in [-0.2, 0) is 0 Å². The number of hydrogen-bond donors (Lipinski definition) is 1. The number of ketones is 1. The van der Waals surface area contributed by atoms with Crippen molar-refractivity contribution < 1.29 is 23.8 Å². The zero-order valence-electron chi connectivity index (χ0n) is 19.5. The highest BCUT2D eigenvalue weighted by atomic mass is 16.5. The second-order valence-electron chi connectivity index (χ2n) is 8.27. The van der Waals surface area contributed by atoms with Gasteiger partial charge in [0.05, 0.1) is 12.2 Å². The van der Waals surface area contributed by atoms with Crippen molar-refractivity contribution >= 4 is 22.7 Å². The third-order valence-electron chi connectivity index (χ3n) is 5.65. The van der Waals surface area contributed by atoms with Gasteiger partial charge < -0.3 is 19.2 Å². The van der Waals surface area contributed by atoms with E-state index in [1.807, 2.05) is 0 Å². The maximum atomic E-state index is 12.8. The Morgan fingerprint density at radius 1 is 0.879 bits per heavy atom. The molecule has 176 valence electrons. The fourth-order valence-electron chi connectivity index (χ4n) is 3.71. The maximum absolute atomic E-state index is 12.8. The Kier molecular flexibility index (Phi) is 9.07. The first kappa shape index (κ1) is 24.5. The Labute approximate surface area is 195 Å². The van der Waals surface area contributed by atoms with Crippen LogP contribution in [0, 0.1) is 0 Å². The number of furan rings is 1. The molecule has 0 amide bonds. The summed E-state index contributed by atoms with van der Waals surface area (Å²) in [4.78, 5) is 26.5. The molecule has 0 saturated carbocycles. The van der Waals surface area contributed by atoms with E-state index in [2.05, 4.69) is 18.7 Å². The zero-order valence-corrected chi connectivity index (χ0v) is 19.5. The number of hydrogen-bond acceptors (Lipinski definition) is 5. The fraction of sp³-hybridized carbons (Fsp3) is 0.407. The van der Waals surface area contributed by atoms with Crippen molar-refractivity contribution in [2.75, 3.05) is 26.2 Å². The molecule has 6 nitrogen and oxygen atoms in total. The first-order chi connectivity index (χ1) is 16.0. The number of carboxylic acids is 1. The van der Waals surface area contributed by atoms with Gasteiger partial charge in [0.15, 0.2) is 5.76 Å². The molecule has 1 heterocycles. The molecule has 2 aromatic carbocycles. The molecule has 0 radical (unpaired) electrons. The number of aromatic carboxylic acids is 1. The highest BCUT2D eigenvalue weighted by molar-refractivity contribution is 6.09. The topological polar surface area (TPSA) is 80.0 Å². The molecule has 33 heavy (non-hydrogen) atoms. The van der Waals surface area contributed by atoms with Crippen LogP contribution in [0.5, 0.6) is 5.75 Å². The third-order valence-corrected chi connectivity index (χ3v) is 5.65. The number of carboxylic acid groups (broad SMARTS) is 1. The van der Waals surface area contributed by atoms with E-state index in [1.165, 1.54) is 37.8 Å². The summed E-state index contributed by atoms with van der Waals surface area (Å²) >= 11 is 0. The van der Waals surface area contributed by atoms with Crippen molar-refractivity contribution in [3.8, 4) is 5.75 Å². The summed E-state index contributed by atoms with van der Waals surface area (Å²) in [6, 6.07) is 13.1. The molecule has 0 fully saturated rings. The summed E-state index contributed by atoms with van der Waals surface area (Å²) in [6.45, 7) is 8.40. The third kappa shape index (κ3) is 6.93. The molecule has 0 unspecified atom stereocenters. The lowest BCUT2D eigenvalue weighted by molar-refractivity contribution is 0.0697. The largest absolute Gasteiger partial charge is 0.494 e. The number of fused-ring (bicyclic) bond motifs is 1. The Bertz CT molecular complexity index is 1050. The normalized spacial score (nSPS) is 11.2. The molecule has 3 aromatic rings. The van der Waals surface area contributed by atoms with Crippen LogP contribution >= 0.6 is 0 Å². The van der Waals surface area contributed by atoms with E-state index in [0.717, 1.165) is 31.8 Å². The van der Waals surface area contributed by atoms with Crippen LogP contribution in [0.2, 0.25) is 0 Å². The summed E-state index contributed by atoms with van der Waals surface area (Å²) in [5, 5.41) is 9.71. The van der Waals surface area contributed by atoms with Crippen LogP contribution in [0.1, 0.15) is 72.4 Å². The lowest BCUT2D eigenvalue weighted by atomic mass is 10.1. The van der Waals surface area contributed by atoms with Crippen LogP contribution in [0.15, 0.2) is 52.9 Å². The Morgan fingerprint density at radius 2 is 1.52 bits per heavy atom. The number of unbranched alkanes of at least 4 members (excludes halogenated alkanes) is 2. The molecule has 0 bridgehead atoms. The lowest BCUT2D eigenvalue weighted by Gasteiger charge is -2.21. The van der Waals surface area contributed by atoms with Gasteiger partial charge in [-0.2, -0.15) is 0 Å². The van der Waals surface area contributed by atoms with Crippen LogP contribution in [0.3, 0.4) is 0 Å². The molecule has 0 aliphatic rings. The molecule has 0 atom stereocenters.